The Bertz CT molecular complexity index is 2510. The van der Waals surface area contributed by atoms with E-state index in [2.05, 4.69) is 71.6 Å². The lowest BCUT2D eigenvalue weighted by molar-refractivity contribution is -0.581. The molecule has 3 amide bonds. The summed E-state index contributed by atoms with van der Waals surface area (Å²) < 4.78 is 9.46. The predicted octanol–water partition coefficient (Wildman–Crippen LogP) is 3.04. The van der Waals surface area contributed by atoms with E-state index in [1.165, 1.54) is 33.6 Å². The standard InChI is InChI=1S/C39H44N10O4.2C2H4O2/c1-21-26-20-47(3)15-13-25(26)22(2)36-34(21)35-27(45-36)10-11-30-37(35)46-33(53-30)9-7-6-8-32(50)43-23-16-29(49(5)18-23)39(52)44-24-17-28(48(4)19-24)38(51)42-14-12-31(40)41;2*1-2(3)4/h10-11,13,15-20,36,45H,6-9,12,14H2,1-5H3,(H3,40,41)(H,42,51)(H,43,50)(H,44,52);2*1H3,(H,3,4). The van der Waals surface area contributed by atoms with Crippen LogP contribution in [0.25, 0.3) is 16.7 Å². The van der Waals surface area contributed by atoms with Crippen LogP contribution in [-0.4, -0.2) is 79.3 Å². The number of hydrogen-bond acceptors (Lipinski definition) is 10. The van der Waals surface area contributed by atoms with E-state index < -0.39 is 11.9 Å². The highest BCUT2D eigenvalue weighted by atomic mass is 16.4. The van der Waals surface area contributed by atoms with Crippen LogP contribution in [0.3, 0.4) is 0 Å². The van der Waals surface area contributed by atoms with Crippen LogP contribution < -0.4 is 32.1 Å². The van der Waals surface area contributed by atoms with Crippen LogP contribution in [0, 0.1) is 5.41 Å². The van der Waals surface area contributed by atoms with E-state index in [9.17, 15) is 14.4 Å². The maximum Gasteiger partial charge on any atom is 0.300 e. The molecule has 0 saturated carbocycles. The van der Waals surface area contributed by atoms with Gasteiger partial charge in [0.2, 0.25) is 5.91 Å². The van der Waals surface area contributed by atoms with E-state index in [1.807, 2.05) is 6.07 Å². The number of unbranched alkanes of at least 4 members (excludes halogenated alkanes) is 1. The Hall–Kier alpha value is -7.21. The molecule has 7 rings (SSSR count). The number of amides is 3. The third-order valence-corrected chi connectivity index (χ3v) is 10.1. The summed E-state index contributed by atoms with van der Waals surface area (Å²) in [6.45, 7) is 6.73. The summed E-state index contributed by atoms with van der Waals surface area (Å²) in [5.41, 5.74) is 17.5. The van der Waals surface area contributed by atoms with Crippen LogP contribution in [-0.2, 0) is 34.9 Å². The number of nitrogens with one attached hydrogen (secondary N) is 4. The van der Waals surface area contributed by atoms with Crippen molar-refractivity contribution in [2.45, 2.75) is 65.8 Å². The molecule has 2 aliphatic heterocycles. The van der Waals surface area contributed by atoms with Gasteiger partial charge in [0.1, 0.15) is 28.6 Å². The van der Waals surface area contributed by atoms with Crippen molar-refractivity contribution < 1.29 is 43.9 Å². The minimum atomic E-state index is -1.08. The molecule has 1 atom stereocenters. The Labute approximate surface area is 352 Å². The first-order valence-electron chi connectivity index (χ1n) is 19.6. The lowest BCUT2D eigenvalue weighted by Gasteiger charge is -2.29. The topological polar surface area (TPSA) is 270 Å². The van der Waals surface area contributed by atoms with Crippen LogP contribution >= 0.6 is 0 Å². The number of carboxylic acids is 2. The molecule has 4 aromatic rings. The summed E-state index contributed by atoms with van der Waals surface area (Å²) in [5.74, 6) is -2.14. The molecule has 0 bridgehead atoms. The van der Waals surface area contributed by atoms with Crippen molar-refractivity contribution in [2.75, 3.05) is 24.2 Å². The van der Waals surface area contributed by atoms with E-state index in [0.29, 0.717) is 47.9 Å². The Balaban J connectivity index is 0.000000810. The molecule has 322 valence electrons. The molecule has 0 fully saturated rings. The predicted molar refractivity (Wildman–Crippen MR) is 227 cm³/mol. The largest absolute Gasteiger partial charge is 0.550 e. The second kappa shape index (κ2) is 19.2. The number of nitrogens with zero attached hydrogens (tertiary/aromatic N) is 4. The molecule has 1 unspecified atom stereocenters. The maximum absolute atomic E-state index is 13.1. The zero-order valence-electron chi connectivity index (χ0n) is 35.3. The van der Waals surface area contributed by atoms with Gasteiger partial charge in [-0.15, -0.1) is 0 Å². The number of fused-ring (bicyclic) bond motifs is 6. The molecule has 5 heterocycles. The number of anilines is 2. The number of oxazole rings is 1. The van der Waals surface area contributed by atoms with Crippen molar-refractivity contribution in [3.63, 3.8) is 0 Å². The number of aryl methyl sites for hydroxylation is 3. The van der Waals surface area contributed by atoms with Gasteiger partial charge in [0.25, 0.3) is 17.8 Å². The lowest BCUT2D eigenvalue weighted by Crippen LogP contribution is -2.82. The highest BCUT2D eigenvalue weighted by Crippen LogP contribution is 2.46. The molecule has 0 radical (unpaired) electrons. The molecule has 61 heavy (non-hydrogen) atoms. The summed E-state index contributed by atoms with van der Waals surface area (Å²) in [6.07, 6.45) is 12.4. The molecule has 1 aliphatic carbocycles. The van der Waals surface area contributed by atoms with Gasteiger partial charge in [-0.2, -0.15) is 0 Å². The summed E-state index contributed by atoms with van der Waals surface area (Å²) in [4.78, 5) is 63.4. The van der Waals surface area contributed by atoms with E-state index in [4.69, 9.17) is 40.3 Å². The molecule has 0 spiro atoms. The number of carboxylic acid groups (broad SMARTS) is 2. The average Bonchev–Trinajstić information content (AvgIpc) is 3.95. The fourth-order valence-corrected chi connectivity index (χ4v) is 7.42. The summed E-state index contributed by atoms with van der Waals surface area (Å²) in [5, 5.41) is 34.4. The maximum atomic E-state index is 13.1. The van der Waals surface area contributed by atoms with Gasteiger partial charge in [-0.1, -0.05) is 0 Å². The van der Waals surface area contributed by atoms with Crippen LogP contribution in [0.5, 0.6) is 0 Å². The summed E-state index contributed by atoms with van der Waals surface area (Å²) >= 11 is 0. The number of amidine groups is 1. The monoisotopic (exact) mass is 836 g/mol. The molecule has 18 nitrogen and oxygen atoms in total. The van der Waals surface area contributed by atoms with E-state index >= 15 is 0 Å². The number of rotatable bonds is 12. The Morgan fingerprint density at radius 3 is 2.23 bits per heavy atom. The van der Waals surface area contributed by atoms with Crippen LogP contribution in [0.15, 0.2) is 81.8 Å². The van der Waals surface area contributed by atoms with Crippen molar-refractivity contribution >= 4 is 69.2 Å². The quantitative estimate of drug-likeness (QED) is 0.0472. The van der Waals surface area contributed by atoms with Crippen LogP contribution in [0.1, 0.15) is 85.8 Å². The zero-order chi connectivity index (χ0) is 44.7. The summed E-state index contributed by atoms with van der Waals surface area (Å²) in [7, 11) is 5.47. The number of hydrogen-bond donors (Lipinski definition) is 7. The highest BCUT2D eigenvalue weighted by Gasteiger charge is 2.41. The minimum absolute atomic E-state index is 0.0113. The Morgan fingerprint density at radius 1 is 0.967 bits per heavy atom. The number of quaternary nitrogens is 1. The van der Waals surface area contributed by atoms with Crippen molar-refractivity contribution in [3.05, 3.63) is 100 Å². The molecule has 18 heteroatoms. The Kier molecular flexibility index (Phi) is 14.2. The first-order valence-corrected chi connectivity index (χ1v) is 19.6. The molecule has 9 N–H and O–H groups in total. The SMILES string of the molecule is CC(=O)O.CC(=O)[O-].CC1=C2c3c(ccc4oc(CCCCC(=O)Nc5cc(C(=O)Nc6cc(C(=O)NCCC(=N)N)n(C)c6)n(C)c5)nc34)[NH2+]C2C(C)=C2C=CN(C)C=C12. The van der Waals surface area contributed by atoms with E-state index in [0.717, 1.165) is 36.9 Å². The number of nitrogens with two attached hydrogens (primary N) is 2. The molecule has 1 aromatic carbocycles. The second-order valence-electron chi connectivity index (χ2n) is 15.0. The molecule has 0 saturated heterocycles. The lowest BCUT2D eigenvalue weighted by atomic mass is 9.78. The Morgan fingerprint density at radius 2 is 1.59 bits per heavy atom. The van der Waals surface area contributed by atoms with Crippen molar-refractivity contribution in [2.24, 2.45) is 19.8 Å². The van der Waals surface area contributed by atoms with Gasteiger partial charge in [0, 0.05) is 102 Å². The van der Waals surface area contributed by atoms with Crippen molar-refractivity contribution in [3.8, 4) is 0 Å². The van der Waals surface area contributed by atoms with Crippen molar-refractivity contribution in [1.29, 1.82) is 5.41 Å². The summed E-state index contributed by atoms with van der Waals surface area (Å²) in [6, 6.07) is 7.54. The first-order chi connectivity index (χ1) is 28.8. The average molecular weight is 837 g/mol. The van der Waals surface area contributed by atoms with Gasteiger partial charge < -0.3 is 60.5 Å². The number of carbonyl (C=O) groups is 5. The number of aromatic nitrogens is 3. The number of benzene rings is 1. The fourth-order valence-electron chi connectivity index (χ4n) is 7.42. The van der Waals surface area contributed by atoms with Gasteiger partial charge in [-0.3, -0.25) is 24.6 Å². The minimum Gasteiger partial charge on any atom is -0.550 e. The third kappa shape index (κ3) is 10.9. The molecular weight excluding hydrogens is 785 g/mol. The normalized spacial score (nSPS) is 14.8. The number of aliphatic carboxylic acids is 2. The smallest absolute Gasteiger partial charge is 0.300 e. The molecular formula is C43H52N10O8. The third-order valence-electron chi connectivity index (χ3n) is 10.1. The molecule has 3 aromatic heterocycles. The highest BCUT2D eigenvalue weighted by molar-refractivity contribution is 6.05. The molecule has 3 aliphatic rings. The van der Waals surface area contributed by atoms with E-state index in [1.54, 1.807) is 47.8 Å². The first kappa shape index (κ1) is 44.9. The number of allylic oxidation sites excluding steroid dienone is 4. The van der Waals surface area contributed by atoms with Crippen LogP contribution in [0.4, 0.5) is 17.1 Å². The van der Waals surface area contributed by atoms with Gasteiger partial charge in [0.05, 0.1) is 22.8 Å². The van der Waals surface area contributed by atoms with Crippen LogP contribution in [0.2, 0.25) is 0 Å². The van der Waals surface area contributed by atoms with Gasteiger partial charge in [-0.05, 0) is 74.6 Å². The van der Waals surface area contributed by atoms with Gasteiger partial charge >= 0.3 is 0 Å². The fraction of sp³-hybridized carbons (Fsp3) is 0.326. The second-order valence-corrected chi connectivity index (χ2v) is 15.0. The van der Waals surface area contributed by atoms with Gasteiger partial charge in [-0.25, -0.2) is 4.98 Å². The van der Waals surface area contributed by atoms with E-state index in [-0.39, 0.29) is 42.6 Å². The van der Waals surface area contributed by atoms with Crippen molar-refractivity contribution in [1.82, 2.24) is 24.3 Å². The number of carbonyl (C=O) groups excluding carboxylic acids is 4. The zero-order valence-corrected chi connectivity index (χ0v) is 35.3. The van der Waals surface area contributed by atoms with Gasteiger partial charge in [0.15, 0.2) is 11.5 Å².